The fourth-order valence-electron chi connectivity index (χ4n) is 7.35. The number of carbonyl (C=O) groups excluding carboxylic acids is 1. The fourth-order valence-corrected chi connectivity index (χ4v) is 7.35. The maximum atomic E-state index is 14.2. The van der Waals surface area contributed by atoms with Crippen LogP contribution in [0.2, 0.25) is 0 Å². The highest BCUT2D eigenvalue weighted by molar-refractivity contribution is 6.09. The third-order valence-corrected chi connectivity index (χ3v) is 11.4. The van der Waals surface area contributed by atoms with Crippen LogP contribution in [0.1, 0.15) is 191 Å². The van der Waals surface area contributed by atoms with Gasteiger partial charge in [-0.05, 0) is 56.4 Å². The number of allylic oxidation sites excluding steroid dienone is 1. The topological polar surface area (TPSA) is 133 Å². The molecule has 0 aliphatic carbocycles. The van der Waals surface area contributed by atoms with Crippen molar-refractivity contribution in [2.24, 2.45) is 19.1 Å². The van der Waals surface area contributed by atoms with E-state index in [0.717, 1.165) is 98.4 Å². The molecule has 0 amide bonds. The molecule has 0 atom stereocenters. The second-order valence-corrected chi connectivity index (χ2v) is 16.8. The average molecular weight is 873 g/mol. The highest BCUT2D eigenvalue weighted by Crippen LogP contribution is 2.39. The number of unbranched alkanes of at least 4 members (excludes halogenated alkanes) is 18. The summed E-state index contributed by atoms with van der Waals surface area (Å²) in [6.07, 6.45) is 28.1. The molecule has 2 N–H and O–H groups in total. The molecule has 1 aromatic heterocycles. The second-order valence-electron chi connectivity index (χ2n) is 16.8. The number of anilines is 1. The largest absolute Gasteiger partial charge is 0.494 e. The van der Waals surface area contributed by atoms with E-state index in [1.807, 2.05) is 30.3 Å². The first-order valence-electron chi connectivity index (χ1n) is 24.4. The number of nitrogens with one attached hydrogen (secondary N) is 1. The van der Waals surface area contributed by atoms with Gasteiger partial charge in [0.25, 0.3) is 5.56 Å². The predicted molar refractivity (Wildman–Crippen MR) is 260 cm³/mol. The number of rotatable bonds is 35. The van der Waals surface area contributed by atoms with Gasteiger partial charge in [0.2, 0.25) is 5.88 Å². The third kappa shape index (κ3) is 18.8. The summed E-state index contributed by atoms with van der Waals surface area (Å²) in [7, 11) is 2.76. The summed E-state index contributed by atoms with van der Waals surface area (Å²) >= 11 is 0. The Morgan fingerprint density at radius 1 is 0.635 bits per heavy atom. The van der Waals surface area contributed by atoms with Gasteiger partial charge in [-0.15, -0.1) is 0 Å². The van der Waals surface area contributed by atoms with E-state index < -0.39 is 17.1 Å². The van der Waals surface area contributed by atoms with E-state index >= 15 is 0 Å². The molecule has 11 nitrogen and oxygen atoms in total. The molecule has 0 unspecified atom stereocenters. The van der Waals surface area contributed by atoms with Gasteiger partial charge < -0.3 is 24.6 Å². The lowest BCUT2D eigenvalue weighted by Gasteiger charge is -2.17. The van der Waals surface area contributed by atoms with Gasteiger partial charge in [-0.2, -0.15) is 0 Å². The van der Waals surface area contributed by atoms with Crippen LogP contribution in [0.4, 0.5) is 11.4 Å². The Bertz CT molecular complexity index is 1950. The van der Waals surface area contributed by atoms with Crippen molar-refractivity contribution in [2.75, 3.05) is 25.1 Å². The minimum absolute atomic E-state index is 0.0776. The molecule has 0 fully saturated rings. The Morgan fingerprint density at radius 3 is 1.65 bits per heavy atom. The van der Waals surface area contributed by atoms with E-state index in [0.29, 0.717) is 60.3 Å². The Balaban J connectivity index is 2.04. The number of hydrogen-bond donors (Lipinski definition) is 2. The lowest BCUT2D eigenvalue weighted by Crippen LogP contribution is -2.38. The van der Waals surface area contributed by atoms with Gasteiger partial charge in [-0.25, -0.2) is 4.79 Å². The van der Waals surface area contributed by atoms with Crippen LogP contribution in [0, 0.1) is 0 Å². The highest BCUT2D eigenvalue weighted by atomic mass is 16.5. The number of aromatic hydroxyl groups is 1. The number of Topliss-reactive ketones (excluding diaryl/α,β-unsaturated/α-hetero) is 1. The SMILES string of the molecule is CCCCCCCCOc1cc(N=Cc2c(O)n(C)c(=O)n(C)c2=O)c(N/C=C(\CCCCCCC)C(=O)c2ccc(OCCCCCCC)cc2)cc1OCCCCCCCC. The summed E-state index contributed by atoms with van der Waals surface area (Å²) in [6, 6.07) is 11.0. The fraction of sp³-hybridized carbons (Fsp3) is 0.615. The second kappa shape index (κ2) is 31.1. The van der Waals surface area contributed by atoms with E-state index in [9.17, 15) is 19.5 Å². The Kier molecular flexibility index (Phi) is 26.0. The van der Waals surface area contributed by atoms with E-state index in [-0.39, 0.29) is 11.3 Å². The molecule has 0 aliphatic heterocycles. The quantitative estimate of drug-likeness (QED) is 0.0258. The molecule has 0 spiro atoms. The van der Waals surface area contributed by atoms with Gasteiger partial charge in [0.15, 0.2) is 17.3 Å². The van der Waals surface area contributed by atoms with Crippen LogP contribution in [0.3, 0.4) is 0 Å². The van der Waals surface area contributed by atoms with Crippen molar-refractivity contribution in [3.8, 4) is 23.1 Å². The van der Waals surface area contributed by atoms with Gasteiger partial charge in [-0.3, -0.25) is 23.7 Å². The lowest BCUT2D eigenvalue weighted by molar-refractivity contribution is 0.103. The number of benzene rings is 2. The molecule has 63 heavy (non-hydrogen) atoms. The molecule has 0 saturated heterocycles. The molecule has 2 aromatic carbocycles. The normalized spacial score (nSPS) is 11.7. The number of hydrogen-bond acceptors (Lipinski definition) is 9. The van der Waals surface area contributed by atoms with E-state index in [2.05, 4.69) is 33.0 Å². The molecule has 3 aromatic rings. The van der Waals surface area contributed by atoms with Gasteiger partial charge >= 0.3 is 5.69 Å². The molecule has 1 heterocycles. The number of aromatic nitrogens is 2. The first-order chi connectivity index (χ1) is 30.7. The van der Waals surface area contributed by atoms with Crippen LogP contribution in [-0.4, -0.2) is 46.1 Å². The van der Waals surface area contributed by atoms with Crippen molar-refractivity contribution in [3.63, 3.8) is 0 Å². The molecule has 0 bridgehead atoms. The van der Waals surface area contributed by atoms with Crippen LogP contribution in [0.5, 0.6) is 23.1 Å². The van der Waals surface area contributed by atoms with Crippen LogP contribution in [0.15, 0.2) is 62.8 Å². The van der Waals surface area contributed by atoms with E-state index in [4.69, 9.17) is 19.2 Å². The minimum atomic E-state index is -0.675. The van der Waals surface area contributed by atoms with Gasteiger partial charge in [-0.1, -0.05) is 143 Å². The Labute approximate surface area is 378 Å². The first-order valence-corrected chi connectivity index (χ1v) is 24.4. The Hall–Kier alpha value is -4.80. The number of ketones is 1. The zero-order chi connectivity index (χ0) is 45.7. The van der Waals surface area contributed by atoms with E-state index in [1.165, 1.54) is 78.1 Å². The number of aliphatic imine (C=N–C) groups is 1. The zero-order valence-electron chi connectivity index (χ0n) is 39.7. The summed E-state index contributed by atoms with van der Waals surface area (Å²) < 4.78 is 20.8. The van der Waals surface area contributed by atoms with Crippen molar-refractivity contribution in [1.29, 1.82) is 0 Å². The molecular weight excluding hydrogens is 793 g/mol. The summed E-state index contributed by atoms with van der Waals surface area (Å²) in [4.78, 5) is 44.6. The van der Waals surface area contributed by atoms with Gasteiger partial charge in [0.05, 0.1) is 31.2 Å². The molecule has 0 radical (unpaired) electrons. The third-order valence-electron chi connectivity index (χ3n) is 11.4. The van der Waals surface area contributed by atoms with Crippen molar-refractivity contribution in [3.05, 3.63) is 80.1 Å². The zero-order valence-corrected chi connectivity index (χ0v) is 39.7. The van der Waals surface area contributed by atoms with Crippen LogP contribution < -0.4 is 30.8 Å². The smallest absolute Gasteiger partial charge is 0.333 e. The Morgan fingerprint density at radius 2 is 1.11 bits per heavy atom. The van der Waals surface area contributed by atoms with Gasteiger partial charge in [0, 0.05) is 49.8 Å². The van der Waals surface area contributed by atoms with Crippen LogP contribution in [-0.2, 0) is 14.1 Å². The summed E-state index contributed by atoms with van der Waals surface area (Å²) in [5.41, 5.74) is 0.665. The first kappa shape index (κ1) is 52.5. The predicted octanol–water partition coefficient (Wildman–Crippen LogP) is 12.9. The maximum absolute atomic E-state index is 14.2. The standard InChI is InChI=1S/C52H80N4O7/c1-7-11-15-19-23-27-35-62-47-37-45(46(38-48(47)63-36-28-24-20-16-12-8-2)54-40-44-50(58)55(5)52(60)56(6)51(44)59)53-39-42(29-25-21-17-13-9-3)49(57)41-30-32-43(33-31-41)61-34-26-22-18-14-10-4/h30-33,37-40,53,58H,7-29,34-36H2,1-6H3/b42-39+,54-40?. The number of nitrogens with zero attached hydrogens (tertiary/aromatic N) is 3. The van der Waals surface area contributed by atoms with Crippen LogP contribution in [0.25, 0.3) is 0 Å². The highest BCUT2D eigenvalue weighted by Gasteiger charge is 2.18. The summed E-state index contributed by atoms with van der Waals surface area (Å²) in [5.74, 6) is 1.26. The minimum Gasteiger partial charge on any atom is -0.494 e. The summed E-state index contributed by atoms with van der Waals surface area (Å²) in [5, 5.41) is 14.3. The number of carbonyl (C=O) groups is 1. The average Bonchev–Trinajstić information content (AvgIpc) is 3.29. The molecule has 0 aliphatic rings. The maximum Gasteiger partial charge on any atom is 0.333 e. The van der Waals surface area contributed by atoms with Crippen molar-refractivity contribution in [2.45, 2.75) is 175 Å². The van der Waals surface area contributed by atoms with Gasteiger partial charge in [0.1, 0.15) is 11.3 Å². The van der Waals surface area contributed by atoms with Crippen molar-refractivity contribution in [1.82, 2.24) is 9.13 Å². The summed E-state index contributed by atoms with van der Waals surface area (Å²) in [6.45, 7) is 10.5. The molecule has 0 saturated carbocycles. The van der Waals surface area contributed by atoms with Crippen molar-refractivity contribution >= 4 is 23.4 Å². The van der Waals surface area contributed by atoms with E-state index in [1.54, 1.807) is 12.3 Å². The molecular formula is C52H80N4O7. The molecule has 350 valence electrons. The van der Waals surface area contributed by atoms with Crippen LogP contribution >= 0.6 is 0 Å². The van der Waals surface area contributed by atoms with Crippen molar-refractivity contribution < 1.29 is 24.1 Å². The number of ether oxygens (including phenoxy) is 3. The lowest BCUT2D eigenvalue weighted by atomic mass is 9.98. The molecule has 3 rings (SSSR count). The monoisotopic (exact) mass is 873 g/mol. The molecule has 11 heteroatoms.